The zero-order chi connectivity index (χ0) is 28.8. The van der Waals surface area contributed by atoms with Gasteiger partial charge in [0.1, 0.15) is 55.4 Å². The van der Waals surface area contributed by atoms with Crippen LogP contribution in [0.2, 0.25) is 0 Å². The predicted octanol–water partition coefficient (Wildman–Crippen LogP) is 6.68. The zero-order valence-electron chi connectivity index (χ0n) is 24.2. The highest BCUT2D eigenvalue weighted by Gasteiger charge is 2.36. The van der Waals surface area contributed by atoms with Crippen LogP contribution in [0, 0.1) is 0 Å². The van der Waals surface area contributed by atoms with Crippen molar-refractivity contribution in [1.29, 1.82) is 0 Å². The number of hydrogen-bond acceptors (Lipinski definition) is 6. The minimum Gasteiger partial charge on any atom is -0.491 e. The lowest BCUT2D eigenvalue weighted by molar-refractivity contribution is 0.263. The number of fused-ring (bicyclic) bond motifs is 2. The molecular formula is C37H34O6. The highest BCUT2D eigenvalue weighted by atomic mass is 16.6. The van der Waals surface area contributed by atoms with Crippen molar-refractivity contribution in [3.63, 3.8) is 0 Å². The van der Waals surface area contributed by atoms with Gasteiger partial charge >= 0.3 is 0 Å². The van der Waals surface area contributed by atoms with Crippen molar-refractivity contribution in [1.82, 2.24) is 0 Å². The Bertz CT molecular complexity index is 1670. The van der Waals surface area contributed by atoms with E-state index in [9.17, 15) is 0 Å². The second-order valence-electron chi connectivity index (χ2n) is 11.8. The second kappa shape index (κ2) is 10.9. The molecule has 0 aliphatic carbocycles. The molecule has 0 bridgehead atoms. The van der Waals surface area contributed by atoms with Crippen LogP contribution < -0.4 is 14.2 Å². The molecule has 0 N–H and O–H groups in total. The molecule has 3 heterocycles. The van der Waals surface area contributed by atoms with Crippen molar-refractivity contribution in [3.8, 4) is 17.2 Å². The standard InChI is InChI=1S/C37H34O6/c1-37(24-10-12-25(13-11-24)38-18-26-19-39-26,33-14-16-35(42-22-27-20-40-27)31-8-4-2-6-29(31)33)34-15-17-36(43-23-28-21-41-28)32-9-5-3-7-30(32)34/h2-17,26-28H,18-23H2,1H3. The molecule has 3 atom stereocenters. The molecule has 0 saturated carbocycles. The van der Waals surface area contributed by atoms with Crippen LogP contribution >= 0.6 is 0 Å². The van der Waals surface area contributed by atoms with Crippen molar-refractivity contribution in [2.45, 2.75) is 30.7 Å². The fraction of sp³-hybridized carbons (Fsp3) is 0.297. The molecule has 218 valence electrons. The lowest BCUT2D eigenvalue weighted by atomic mass is 9.68. The van der Waals surface area contributed by atoms with Gasteiger partial charge in [0.25, 0.3) is 0 Å². The summed E-state index contributed by atoms with van der Waals surface area (Å²) in [5.41, 5.74) is 3.04. The maximum atomic E-state index is 6.25. The molecule has 3 unspecified atom stereocenters. The van der Waals surface area contributed by atoms with Crippen LogP contribution in [-0.2, 0) is 19.6 Å². The van der Waals surface area contributed by atoms with Crippen LogP contribution in [0.1, 0.15) is 23.6 Å². The van der Waals surface area contributed by atoms with E-state index in [1.807, 2.05) is 0 Å². The third kappa shape index (κ3) is 5.31. The summed E-state index contributed by atoms with van der Waals surface area (Å²) >= 11 is 0. The van der Waals surface area contributed by atoms with Gasteiger partial charge in [0.2, 0.25) is 0 Å². The Morgan fingerprint density at radius 1 is 0.535 bits per heavy atom. The monoisotopic (exact) mass is 574 g/mol. The van der Waals surface area contributed by atoms with Gasteiger partial charge in [0.15, 0.2) is 0 Å². The van der Waals surface area contributed by atoms with Gasteiger partial charge in [-0.1, -0.05) is 72.8 Å². The highest BCUT2D eigenvalue weighted by Crippen LogP contribution is 2.47. The normalized spacial score (nSPS) is 21.7. The molecule has 5 aromatic rings. The molecule has 6 heteroatoms. The van der Waals surface area contributed by atoms with Gasteiger partial charge in [-0.25, -0.2) is 0 Å². The van der Waals surface area contributed by atoms with Gasteiger partial charge in [-0.05, 0) is 58.7 Å². The summed E-state index contributed by atoms with van der Waals surface area (Å²) in [4.78, 5) is 0. The predicted molar refractivity (Wildman–Crippen MR) is 166 cm³/mol. The third-order valence-electron chi connectivity index (χ3n) is 8.77. The first-order chi connectivity index (χ1) is 21.2. The number of benzene rings is 5. The maximum Gasteiger partial charge on any atom is 0.127 e. The summed E-state index contributed by atoms with van der Waals surface area (Å²) < 4.78 is 34.6. The Morgan fingerprint density at radius 3 is 1.40 bits per heavy atom. The van der Waals surface area contributed by atoms with E-state index >= 15 is 0 Å². The second-order valence-corrected chi connectivity index (χ2v) is 11.8. The Labute approximate surface area is 251 Å². The summed E-state index contributed by atoms with van der Waals surface area (Å²) in [6, 6.07) is 34.2. The van der Waals surface area contributed by atoms with E-state index in [2.05, 4.69) is 104 Å². The minimum atomic E-state index is -0.520. The van der Waals surface area contributed by atoms with Gasteiger partial charge in [-0.15, -0.1) is 0 Å². The summed E-state index contributed by atoms with van der Waals surface area (Å²) in [5.74, 6) is 2.59. The smallest absolute Gasteiger partial charge is 0.127 e. The fourth-order valence-electron chi connectivity index (χ4n) is 6.05. The summed E-state index contributed by atoms with van der Waals surface area (Å²) in [7, 11) is 0. The van der Waals surface area contributed by atoms with E-state index in [-0.39, 0.29) is 18.3 Å². The van der Waals surface area contributed by atoms with Crippen molar-refractivity contribution >= 4 is 21.5 Å². The SMILES string of the molecule is CC(c1ccc(OCC2CO2)cc1)(c1ccc(OCC2CO2)c2ccccc12)c1ccc(OCC2CO2)c2ccccc12. The first-order valence-corrected chi connectivity index (χ1v) is 15.0. The van der Waals surface area contributed by atoms with E-state index in [1.165, 1.54) is 11.1 Å². The molecule has 0 spiro atoms. The van der Waals surface area contributed by atoms with Crippen LogP contribution in [0.25, 0.3) is 21.5 Å². The quantitative estimate of drug-likeness (QED) is 0.122. The van der Waals surface area contributed by atoms with Crippen LogP contribution in [0.15, 0.2) is 97.1 Å². The van der Waals surface area contributed by atoms with Crippen LogP contribution in [-0.4, -0.2) is 58.0 Å². The third-order valence-corrected chi connectivity index (χ3v) is 8.77. The minimum absolute atomic E-state index is 0.189. The molecule has 6 nitrogen and oxygen atoms in total. The van der Waals surface area contributed by atoms with Gasteiger partial charge in [-0.3, -0.25) is 0 Å². The van der Waals surface area contributed by atoms with E-state index in [1.54, 1.807) is 0 Å². The summed E-state index contributed by atoms with van der Waals surface area (Å²) in [6.45, 7) is 6.33. The Balaban J connectivity index is 1.28. The lowest BCUT2D eigenvalue weighted by Crippen LogP contribution is -2.26. The first kappa shape index (κ1) is 26.5. The molecule has 0 radical (unpaired) electrons. The van der Waals surface area contributed by atoms with Crippen LogP contribution in [0.5, 0.6) is 17.2 Å². The van der Waals surface area contributed by atoms with Crippen molar-refractivity contribution in [2.24, 2.45) is 0 Å². The van der Waals surface area contributed by atoms with Gasteiger partial charge in [0.05, 0.1) is 19.8 Å². The molecule has 43 heavy (non-hydrogen) atoms. The van der Waals surface area contributed by atoms with Crippen LogP contribution in [0.4, 0.5) is 0 Å². The summed E-state index contributed by atoms with van der Waals surface area (Å²) in [5, 5.41) is 4.48. The largest absolute Gasteiger partial charge is 0.491 e. The molecule has 0 amide bonds. The lowest BCUT2D eigenvalue weighted by Gasteiger charge is -2.34. The Kier molecular flexibility index (Phi) is 6.70. The van der Waals surface area contributed by atoms with Crippen molar-refractivity contribution < 1.29 is 28.4 Å². The number of epoxide rings is 3. The van der Waals surface area contributed by atoms with E-state index in [0.717, 1.165) is 64.2 Å². The average molecular weight is 575 g/mol. The van der Waals surface area contributed by atoms with E-state index < -0.39 is 5.41 Å². The van der Waals surface area contributed by atoms with Crippen LogP contribution in [0.3, 0.4) is 0 Å². The van der Waals surface area contributed by atoms with E-state index in [4.69, 9.17) is 28.4 Å². The van der Waals surface area contributed by atoms with Gasteiger partial charge in [0, 0.05) is 16.2 Å². The number of rotatable bonds is 12. The van der Waals surface area contributed by atoms with Crippen molar-refractivity contribution in [3.05, 3.63) is 114 Å². The topological polar surface area (TPSA) is 65.3 Å². The molecule has 3 aliphatic rings. The van der Waals surface area contributed by atoms with Crippen molar-refractivity contribution in [2.75, 3.05) is 39.6 Å². The number of hydrogen-bond donors (Lipinski definition) is 0. The first-order valence-electron chi connectivity index (χ1n) is 15.0. The molecular weight excluding hydrogens is 540 g/mol. The molecule has 8 rings (SSSR count). The molecule has 5 aromatic carbocycles. The zero-order valence-corrected chi connectivity index (χ0v) is 24.2. The molecule has 3 aliphatic heterocycles. The highest BCUT2D eigenvalue weighted by molar-refractivity contribution is 5.96. The Hall–Kier alpha value is -4.10. The average Bonchev–Trinajstić information content (AvgIpc) is 3.90. The van der Waals surface area contributed by atoms with Gasteiger partial charge in [-0.2, -0.15) is 0 Å². The molecule has 3 saturated heterocycles. The maximum absolute atomic E-state index is 6.25. The summed E-state index contributed by atoms with van der Waals surface area (Å²) in [6.07, 6.45) is 0.589. The molecule has 3 fully saturated rings. The molecule has 0 aromatic heterocycles. The Morgan fingerprint density at radius 2 is 0.953 bits per heavy atom. The number of ether oxygens (including phenoxy) is 6. The fourth-order valence-corrected chi connectivity index (χ4v) is 6.05. The van der Waals surface area contributed by atoms with Gasteiger partial charge < -0.3 is 28.4 Å². The van der Waals surface area contributed by atoms with E-state index in [0.29, 0.717) is 19.8 Å².